The fourth-order valence-corrected chi connectivity index (χ4v) is 10.0. The second-order valence-electron chi connectivity index (χ2n) is 16.3. The summed E-state index contributed by atoms with van der Waals surface area (Å²) in [5, 5.41) is 2.11. The van der Waals surface area contributed by atoms with Gasteiger partial charge in [0.05, 0.1) is 5.41 Å². The van der Waals surface area contributed by atoms with Crippen molar-refractivity contribution in [2.24, 2.45) is 0 Å². The average Bonchev–Trinajstić information content (AvgIpc) is 3.81. The predicted molar refractivity (Wildman–Crippen MR) is 238 cm³/mol. The van der Waals surface area contributed by atoms with Crippen molar-refractivity contribution in [3.63, 3.8) is 0 Å². The Balaban J connectivity index is 1.06. The minimum atomic E-state index is -0.485. The Bertz CT molecular complexity index is 3240. The number of rotatable bonds is 4. The molecule has 278 valence electrons. The van der Waals surface area contributed by atoms with Crippen LogP contribution in [-0.4, -0.2) is 15.0 Å². The summed E-state index contributed by atoms with van der Waals surface area (Å²) in [4.78, 5) is 15.2. The van der Waals surface area contributed by atoms with Crippen LogP contribution in [0.1, 0.15) is 47.2 Å². The summed E-state index contributed by atoms with van der Waals surface area (Å²) in [5.74, 6) is 1.87. The largest absolute Gasteiger partial charge is 0.456 e. The summed E-state index contributed by atoms with van der Waals surface area (Å²) in [6.07, 6.45) is 0. The van der Waals surface area contributed by atoms with E-state index in [0.29, 0.717) is 17.5 Å². The lowest BCUT2D eigenvalue weighted by atomic mass is 9.55. The summed E-state index contributed by atoms with van der Waals surface area (Å²) in [5.41, 5.74) is 16.5. The van der Waals surface area contributed by atoms with Crippen molar-refractivity contribution < 1.29 is 4.42 Å². The number of aromatic nitrogens is 3. The van der Waals surface area contributed by atoms with Gasteiger partial charge in [-0.25, -0.2) is 15.0 Å². The molecule has 0 saturated carbocycles. The Labute approximate surface area is 342 Å². The summed E-state index contributed by atoms with van der Waals surface area (Å²) >= 11 is 0. The number of fused-ring (bicyclic) bond motifs is 12. The number of hydrogen-bond acceptors (Lipinski definition) is 4. The fraction of sp³-hybridized carbons (Fsp3) is 0.0727. The topological polar surface area (TPSA) is 51.8 Å². The van der Waals surface area contributed by atoms with Gasteiger partial charge in [-0.3, -0.25) is 0 Å². The third-order valence-corrected chi connectivity index (χ3v) is 12.8. The highest BCUT2D eigenvalue weighted by Gasteiger charge is 2.53. The molecule has 8 aromatic carbocycles. The molecular weight excluding hydrogens is 719 g/mol. The van der Waals surface area contributed by atoms with E-state index in [4.69, 9.17) is 19.4 Å². The van der Waals surface area contributed by atoms with Crippen LogP contribution in [0.4, 0.5) is 0 Å². The van der Waals surface area contributed by atoms with Crippen LogP contribution in [-0.2, 0) is 10.8 Å². The van der Waals surface area contributed by atoms with Gasteiger partial charge in [0.15, 0.2) is 17.5 Å². The third kappa shape index (κ3) is 4.87. The Morgan fingerprint density at radius 1 is 0.339 bits per heavy atom. The normalized spacial score (nSPS) is 14.2. The van der Waals surface area contributed by atoms with Gasteiger partial charge in [0.1, 0.15) is 11.2 Å². The van der Waals surface area contributed by atoms with Gasteiger partial charge < -0.3 is 4.42 Å². The molecule has 4 nitrogen and oxygen atoms in total. The Kier molecular flexibility index (Phi) is 7.16. The molecule has 2 heterocycles. The van der Waals surface area contributed by atoms with E-state index >= 15 is 0 Å². The molecule has 2 aromatic heterocycles. The van der Waals surface area contributed by atoms with Crippen molar-refractivity contribution in [2.75, 3.05) is 0 Å². The van der Waals surface area contributed by atoms with Crippen molar-refractivity contribution in [1.82, 2.24) is 15.0 Å². The number of benzene rings is 8. The van der Waals surface area contributed by atoms with E-state index in [0.717, 1.165) is 44.2 Å². The summed E-state index contributed by atoms with van der Waals surface area (Å²) in [6, 6.07) is 67.1. The average molecular weight is 756 g/mol. The molecule has 0 radical (unpaired) electrons. The second kappa shape index (κ2) is 12.5. The van der Waals surface area contributed by atoms with Crippen LogP contribution in [0, 0.1) is 0 Å². The SMILES string of the molecule is CC1(C)c2ccccc2C2(c3ccccc3-c3ccccc32)c2cc3oc4ccc(-c5nc(-c6ccccc6)nc(-c6ccc(-c7ccccc7)cc6)n5)cc4c3cc21. The van der Waals surface area contributed by atoms with Crippen molar-refractivity contribution >= 4 is 21.9 Å². The Morgan fingerprint density at radius 2 is 0.797 bits per heavy atom. The van der Waals surface area contributed by atoms with Crippen LogP contribution in [0.2, 0.25) is 0 Å². The van der Waals surface area contributed by atoms with Crippen molar-refractivity contribution in [2.45, 2.75) is 24.7 Å². The predicted octanol–water partition coefficient (Wildman–Crippen LogP) is 13.4. The Morgan fingerprint density at radius 3 is 1.44 bits per heavy atom. The number of furan rings is 1. The van der Waals surface area contributed by atoms with E-state index in [1.54, 1.807) is 0 Å². The van der Waals surface area contributed by atoms with Crippen LogP contribution in [0.25, 0.3) is 78.4 Å². The molecule has 0 unspecified atom stereocenters. The molecule has 2 aliphatic rings. The van der Waals surface area contributed by atoms with Crippen molar-refractivity contribution in [3.8, 4) is 56.4 Å². The smallest absolute Gasteiger partial charge is 0.164 e. The fourth-order valence-electron chi connectivity index (χ4n) is 10.0. The van der Waals surface area contributed by atoms with E-state index in [9.17, 15) is 0 Å². The first-order chi connectivity index (χ1) is 29.0. The van der Waals surface area contributed by atoms with Gasteiger partial charge in [-0.15, -0.1) is 0 Å². The van der Waals surface area contributed by atoms with E-state index in [-0.39, 0.29) is 5.41 Å². The van der Waals surface area contributed by atoms with Crippen LogP contribution < -0.4 is 0 Å². The quantitative estimate of drug-likeness (QED) is 0.179. The van der Waals surface area contributed by atoms with Gasteiger partial charge in [0.2, 0.25) is 0 Å². The highest BCUT2D eigenvalue weighted by atomic mass is 16.3. The number of nitrogens with zero attached hydrogens (tertiary/aromatic N) is 3. The first-order valence-corrected chi connectivity index (χ1v) is 20.3. The lowest BCUT2D eigenvalue weighted by molar-refractivity contribution is 0.562. The molecule has 0 fully saturated rings. The zero-order valence-electron chi connectivity index (χ0n) is 32.6. The highest BCUT2D eigenvalue weighted by Crippen LogP contribution is 2.62. The molecule has 0 N–H and O–H groups in total. The van der Waals surface area contributed by atoms with Gasteiger partial charge in [0.25, 0.3) is 0 Å². The van der Waals surface area contributed by atoms with Gasteiger partial charge in [0, 0.05) is 32.9 Å². The molecule has 59 heavy (non-hydrogen) atoms. The van der Waals surface area contributed by atoms with Crippen molar-refractivity contribution in [3.05, 3.63) is 221 Å². The minimum absolute atomic E-state index is 0.275. The molecule has 10 aromatic rings. The molecule has 0 atom stereocenters. The molecule has 0 saturated heterocycles. The molecule has 12 rings (SSSR count). The summed E-state index contributed by atoms with van der Waals surface area (Å²) in [7, 11) is 0. The van der Waals surface area contributed by atoms with E-state index < -0.39 is 5.41 Å². The third-order valence-electron chi connectivity index (χ3n) is 12.8. The van der Waals surface area contributed by atoms with Gasteiger partial charge in [-0.2, -0.15) is 0 Å². The maximum absolute atomic E-state index is 6.82. The molecule has 1 spiro atoms. The first kappa shape index (κ1) is 33.7. The molecule has 2 aliphatic carbocycles. The zero-order chi connectivity index (χ0) is 39.3. The number of hydrogen-bond donors (Lipinski definition) is 0. The Hall–Kier alpha value is -7.43. The van der Waals surface area contributed by atoms with E-state index in [1.165, 1.54) is 50.1 Å². The van der Waals surface area contributed by atoms with Crippen LogP contribution >= 0.6 is 0 Å². The van der Waals surface area contributed by atoms with Crippen LogP contribution in [0.5, 0.6) is 0 Å². The standard InChI is InChI=1S/C55H37N3O/c1-54(2)45-23-13-14-24-46(45)55(43-21-11-9-19-39(43)40-20-10-12-22-44(40)55)48-33-50-42(32-47(48)54)41-31-38(29-30-49(41)59-50)53-57-51(36-17-7-4-8-18-36)56-52(58-53)37-27-25-35(26-28-37)34-15-5-3-6-16-34/h3-33H,1-2H3. The maximum Gasteiger partial charge on any atom is 0.164 e. The van der Waals surface area contributed by atoms with E-state index in [2.05, 4.69) is 166 Å². The second-order valence-corrected chi connectivity index (χ2v) is 16.3. The highest BCUT2D eigenvalue weighted by molar-refractivity contribution is 6.07. The molecular formula is C55H37N3O. The summed E-state index contributed by atoms with van der Waals surface area (Å²) in [6.45, 7) is 4.74. The first-order valence-electron chi connectivity index (χ1n) is 20.3. The monoisotopic (exact) mass is 755 g/mol. The molecule has 4 heteroatoms. The molecule has 0 aliphatic heterocycles. The lowest BCUT2D eigenvalue weighted by Crippen LogP contribution is -2.40. The zero-order valence-corrected chi connectivity index (χ0v) is 32.6. The minimum Gasteiger partial charge on any atom is -0.456 e. The lowest BCUT2D eigenvalue weighted by Gasteiger charge is -2.46. The van der Waals surface area contributed by atoms with Crippen molar-refractivity contribution in [1.29, 1.82) is 0 Å². The maximum atomic E-state index is 6.82. The van der Waals surface area contributed by atoms with Crippen LogP contribution in [0.15, 0.2) is 192 Å². The van der Waals surface area contributed by atoms with E-state index in [1.807, 2.05) is 36.4 Å². The van der Waals surface area contributed by atoms with Gasteiger partial charge in [-0.1, -0.05) is 172 Å². The summed E-state index contributed by atoms with van der Waals surface area (Å²) < 4.78 is 6.82. The van der Waals surface area contributed by atoms with Gasteiger partial charge in [-0.05, 0) is 86.0 Å². The molecule has 0 amide bonds. The van der Waals surface area contributed by atoms with Gasteiger partial charge >= 0.3 is 0 Å². The molecule has 0 bridgehead atoms. The van der Waals surface area contributed by atoms with Crippen LogP contribution in [0.3, 0.4) is 0 Å².